The molecule has 1 aliphatic rings. The van der Waals surface area contributed by atoms with Gasteiger partial charge in [0, 0.05) is 29.6 Å². The Bertz CT molecular complexity index is 997. The van der Waals surface area contributed by atoms with E-state index in [-0.39, 0.29) is 11.3 Å². The first-order valence-electron chi connectivity index (χ1n) is 9.08. The van der Waals surface area contributed by atoms with Gasteiger partial charge in [0.15, 0.2) is 0 Å². The predicted octanol–water partition coefficient (Wildman–Crippen LogP) is 5.02. The highest BCUT2D eigenvalue weighted by molar-refractivity contribution is 7.11. The zero-order chi connectivity index (χ0) is 20.5. The van der Waals surface area contributed by atoms with Crippen LogP contribution in [0.15, 0.2) is 60.0 Å². The number of allylic oxidation sites excluding steroid dienone is 1. The zero-order valence-electron chi connectivity index (χ0n) is 15.6. The molecule has 2 aromatic carbocycles. The number of nitriles is 1. The van der Waals surface area contributed by atoms with Crippen molar-refractivity contribution in [2.75, 3.05) is 26.3 Å². The smallest absolute Gasteiger partial charge is 0.145 e. The molecule has 148 valence electrons. The van der Waals surface area contributed by atoms with Crippen molar-refractivity contribution in [1.82, 2.24) is 10.3 Å². The predicted molar refractivity (Wildman–Crippen MR) is 118 cm³/mol. The number of benzene rings is 2. The number of nitrogens with zero attached hydrogens (tertiary/aromatic N) is 2. The van der Waals surface area contributed by atoms with Crippen molar-refractivity contribution in [3.63, 3.8) is 0 Å². The Morgan fingerprint density at radius 1 is 1.10 bits per heavy atom. The third-order valence-corrected chi connectivity index (χ3v) is 5.30. The zero-order valence-corrected chi connectivity index (χ0v) is 17.2. The van der Waals surface area contributed by atoms with Crippen LogP contribution in [-0.2, 0) is 4.74 Å². The van der Waals surface area contributed by atoms with Gasteiger partial charge >= 0.3 is 0 Å². The summed E-state index contributed by atoms with van der Waals surface area (Å²) in [6.45, 7) is 3.83. The van der Waals surface area contributed by atoms with E-state index in [0.717, 1.165) is 37.6 Å². The monoisotopic (exact) mass is 425 g/mol. The Balaban J connectivity index is 0.000000343. The van der Waals surface area contributed by atoms with Gasteiger partial charge in [-0.15, -0.1) is 11.3 Å². The van der Waals surface area contributed by atoms with Crippen LogP contribution in [-0.4, -0.2) is 36.4 Å². The van der Waals surface area contributed by atoms with Gasteiger partial charge in [0.2, 0.25) is 0 Å². The van der Waals surface area contributed by atoms with E-state index in [1.807, 2.05) is 41.8 Å². The maximum Gasteiger partial charge on any atom is 0.145 e. The van der Waals surface area contributed by atoms with Gasteiger partial charge in [-0.3, -0.25) is 0 Å². The van der Waals surface area contributed by atoms with Crippen LogP contribution in [0.25, 0.3) is 22.6 Å². The van der Waals surface area contributed by atoms with E-state index in [1.54, 1.807) is 24.3 Å². The molecule has 1 aliphatic heterocycles. The molecule has 0 amide bonds. The molecule has 1 aromatic heterocycles. The number of ether oxygens (including phenoxy) is 1. The first-order chi connectivity index (χ1) is 14.2. The molecule has 1 saturated heterocycles. The molecule has 0 spiro atoms. The minimum absolute atomic E-state index is 0.116. The molecule has 3 aromatic rings. The number of aliphatic hydroxyl groups excluding tert-OH is 1. The lowest BCUT2D eigenvalue weighted by molar-refractivity contribution is 0.109. The fraction of sp³-hybridized carbons (Fsp3) is 0.182. The van der Waals surface area contributed by atoms with E-state index in [1.165, 1.54) is 11.3 Å². The summed E-state index contributed by atoms with van der Waals surface area (Å²) in [5, 5.41) is 25.7. The van der Waals surface area contributed by atoms with E-state index < -0.39 is 0 Å². The van der Waals surface area contributed by atoms with Crippen molar-refractivity contribution in [1.29, 1.82) is 5.26 Å². The summed E-state index contributed by atoms with van der Waals surface area (Å²) in [6.07, 6.45) is 0. The van der Waals surface area contributed by atoms with Crippen LogP contribution in [0.1, 0.15) is 10.6 Å². The Morgan fingerprint density at radius 3 is 2.38 bits per heavy atom. The first kappa shape index (κ1) is 21.0. The minimum Gasteiger partial charge on any atom is -0.506 e. The van der Waals surface area contributed by atoms with Crippen molar-refractivity contribution >= 4 is 34.3 Å². The molecule has 29 heavy (non-hydrogen) atoms. The van der Waals surface area contributed by atoms with Gasteiger partial charge in [-0.1, -0.05) is 54.1 Å². The van der Waals surface area contributed by atoms with Gasteiger partial charge in [-0.25, -0.2) is 4.98 Å². The lowest BCUT2D eigenvalue weighted by atomic mass is 10.1. The minimum atomic E-state index is -0.160. The Kier molecular flexibility index (Phi) is 7.79. The molecule has 0 saturated carbocycles. The maximum atomic E-state index is 10.4. The second kappa shape index (κ2) is 10.7. The van der Waals surface area contributed by atoms with Crippen LogP contribution in [0.2, 0.25) is 5.02 Å². The van der Waals surface area contributed by atoms with E-state index in [2.05, 4.69) is 10.3 Å². The van der Waals surface area contributed by atoms with E-state index in [0.29, 0.717) is 15.6 Å². The van der Waals surface area contributed by atoms with Crippen molar-refractivity contribution < 1.29 is 9.84 Å². The van der Waals surface area contributed by atoms with Crippen LogP contribution < -0.4 is 5.32 Å². The van der Waals surface area contributed by atoms with E-state index in [9.17, 15) is 10.4 Å². The number of thiazole rings is 1. The molecule has 0 aliphatic carbocycles. The second-order valence-electron chi connectivity index (χ2n) is 6.08. The van der Waals surface area contributed by atoms with Crippen LogP contribution in [0.5, 0.6) is 0 Å². The number of rotatable bonds is 3. The van der Waals surface area contributed by atoms with Crippen LogP contribution >= 0.6 is 22.9 Å². The van der Waals surface area contributed by atoms with Gasteiger partial charge in [0.05, 0.1) is 23.9 Å². The first-order valence-corrected chi connectivity index (χ1v) is 10.3. The van der Waals surface area contributed by atoms with Crippen LogP contribution in [0.4, 0.5) is 0 Å². The lowest BCUT2D eigenvalue weighted by Crippen LogP contribution is -2.30. The summed E-state index contributed by atoms with van der Waals surface area (Å²) >= 11 is 7.40. The summed E-state index contributed by atoms with van der Waals surface area (Å²) in [5.41, 5.74) is 2.27. The normalized spacial score (nSPS) is 14.2. The Labute approximate surface area is 178 Å². The van der Waals surface area contributed by atoms with Crippen molar-refractivity contribution in [2.24, 2.45) is 0 Å². The molecule has 2 N–H and O–H groups in total. The molecule has 4 rings (SSSR count). The summed E-state index contributed by atoms with van der Waals surface area (Å²) in [4.78, 5) is 4.46. The summed E-state index contributed by atoms with van der Waals surface area (Å²) in [6, 6.07) is 18.6. The highest BCUT2D eigenvalue weighted by Crippen LogP contribution is 2.32. The quantitative estimate of drug-likeness (QED) is 0.455. The third kappa shape index (κ3) is 5.66. The number of aliphatic hydroxyl groups is 1. The second-order valence-corrected chi connectivity index (χ2v) is 7.35. The molecule has 0 radical (unpaired) electrons. The van der Waals surface area contributed by atoms with Crippen LogP contribution in [0.3, 0.4) is 0 Å². The number of halogens is 1. The Hall–Kier alpha value is -2.69. The van der Waals surface area contributed by atoms with Crippen molar-refractivity contribution in [3.05, 3.63) is 75.6 Å². The van der Waals surface area contributed by atoms with Crippen molar-refractivity contribution in [3.8, 4) is 17.3 Å². The summed E-state index contributed by atoms with van der Waals surface area (Å²) in [5.74, 6) is -0.160. The highest BCUT2D eigenvalue weighted by Gasteiger charge is 2.16. The third-order valence-electron chi connectivity index (χ3n) is 4.11. The van der Waals surface area contributed by atoms with Crippen molar-refractivity contribution in [2.45, 2.75) is 0 Å². The van der Waals surface area contributed by atoms with Gasteiger partial charge in [0.25, 0.3) is 0 Å². The standard InChI is InChI=1S/C18H11ClN2OS.C4H9NO/c19-15-9-5-4-8-13(15)17(22)14(10-20)18-21-16(11-23-18)12-6-2-1-3-7-12;1-3-6-4-2-5-1/h1-9,11,22H;5H,1-4H2. The topological polar surface area (TPSA) is 78.2 Å². The van der Waals surface area contributed by atoms with Gasteiger partial charge in [0.1, 0.15) is 22.4 Å². The maximum absolute atomic E-state index is 10.4. The van der Waals surface area contributed by atoms with Crippen LogP contribution in [0, 0.1) is 11.3 Å². The van der Waals surface area contributed by atoms with Gasteiger partial charge < -0.3 is 15.2 Å². The molecular weight excluding hydrogens is 406 g/mol. The molecule has 5 nitrogen and oxygen atoms in total. The van der Waals surface area contributed by atoms with E-state index in [4.69, 9.17) is 16.3 Å². The largest absolute Gasteiger partial charge is 0.506 e. The lowest BCUT2D eigenvalue weighted by Gasteiger charge is -2.10. The number of aromatic nitrogens is 1. The summed E-state index contributed by atoms with van der Waals surface area (Å²) in [7, 11) is 0. The average Bonchev–Trinajstić information content (AvgIpc) is 3.27. The number of hydrogen-bond donors (Lipinski definition) is 2. The molecular formula is C22H20ClN3O2S. The molecule has 2 heterocycles. The summed E-state index contributed by atoms with van der Waals surface area (Å²) < 4.78 is 5.01. The van der Waals surface area contributed by atoms with Gasteiger partial charge in [-0.2, -0.15) is 5.26 Å². The average molecular weight is 426 g/mol. The Morgan fingerprint density at radius 2 is 1.79 bits per heavy atom. The molecule has 0 atom stereocenters. The SMILES string of the molecule is C1COCCN1.N#CC(=C(O)c1ccccc1Cl)c1nc(-c2ccccc2)cs1. The number of nitrogens with one attached hydrogen (secondary N) is 1. The highest BCUT2D eigenvalue weighted by atomic mass is 35.5. The molecule has 7 heteroatoms. The number of hydrogen-bond acceptors (Lipinski definition) is 6. The number of morpholine rings is 1. The fourth-order valence-electron chi connectivity index (χ4n) is 2.64. The van der Waals surface area contributed by atoms with E-state index >= 15 is 0 Å². The molecule has 0 unspecified atom stereocenters. The molecule has 0 bridgehead atoms. The fourth-order valence-corrected chi connectivity index (χ4v) is 3.68. The van der Waals surface area contributed by atoms with Gasteiger partial charge in [-0.05, 0) is 12.1 Å². The molecule has 1 fully saturated rings.